The molecule has 6 nitrogen and oxygen atoms in total. The average molecular weight is 380 g/mol. The Morgan fingerprint density at radius 1 is 1.19 bits per heavy atom. The summed E-state index contributed by atoms with van der Waals surface area (Å²) in [5.74, 6) is 0.719. The van der Waals surface area contributed by atoms with Crippen molar-refractivity contribution >= 4 is 17.7 Å². The van der Waals surface area contributed by atoms with E-state index in [0.717, 1.165) is 12.1 Å². The van der Waals surface area contributed by atoms with E-state index in [1.54, 1.807) is 12.1 Å². The van der Waals surface area contributed by atoms with Crippen molar-refractivity contribution in [2.45, 2.75) is 11.3 Å². The van der Waals surface area contributed by atoms with Gasteiger partial charge < -0.3 is 4.42 Å². The largest absolute Gasteiger partial charge is 0.461 e. The number of carbonyl (C=O) groups is 1. The quantitative estimate of drug-likeness (QED) is 0.682. The minimum absolute atomic E-state index is 0.0585. The van der Waals surface area contributed by atoms with Gasteiger partial charge in [-0.25, -0.2) is 9.69 Å². The van der Waals surface area contributed by atoms with E-state index in [0.29, 0.717) is 29.0 Å². The zero-order chi connectivity index (χ0) is 18.3. The standard InChI is InChI=1S/C16H11F3N4O2S/c17-16(18,19)11-4-1-3-10(9-11)14(24)22-6-8-26-15-21-20-13(23(15)22)12-5-2-7-25-12/h1-5,7,9H,6,8H2. The van der Waals surface area contributed by atoms with Gasteiger partial charge >= 0.3 is 6.18 Å². The van der Waals surface area contributed by atoms with Crippen LogP contribution in [-0.4, -0.2) is 33.1 Å². The van der Waals surface area contributed by atoms with Crippen LogP contribution in [0, 0.1) is 0 Å². The lowest BCUT2D eigenvalue weighted by Gasteiger charge is -2.29. The lowest BCUT2D eigenvalue weighted by atomic mass is 10.1. The third kappa shape index (κ3) is 2.85. The molecule has 0 radical (unpaired) electrons. The second-order valence-electron chi connectivity index (χ2n) is 5.45. The Balaban J connectivity index is 1.75. The molecule has 0 bridgehead atoms. The van der Waals surface area contributed by atoms with E-state index in [4.69, 9.17) is 4.42 Å². The van der Waals surface area contributed by atoms with Gasteiger partial charge in [-0.15, -0.1) is 10.2 Å². The number of fused-ring (bicyclic) bond motifs is 1. The fraction of sp³-hybridized carbons (Fsp3) is 0.188. The first-order valence-corrected chi connectivity index (χ1v) is 8.55. The molecule has 0 aliphatic carbocycles. The molecule has 0 spiro atoms. The smallest absolute Gasteiger partial charge is 0.416 e. The van der Waals surface area contributed by atoms with Crippen LogP contribution in [0.2, 0.25) is 0 Å². The monoisotopic (exact) mass is 380 g/mol. The summed E-state index contributed by atoms with van der Waals surface area (Å²) in [4.78, 5) is 12.9. The first-order chi connectivity index (χ1) is 12.4. The molecule has 0 atom stereocenters. The Hall–Kier alpha value is -2.75. The third-order valence-corrected chi connectivity index (χ3v) is 4.70. The lowest BCUT2D eigenvalue weighted by molar-refractivity contribution is -0.137. The molecular formula is C16H11F3N4O2S. The van der Waals surface area contributed by atoms with E-state index < -0.39 is 17.6 Å². The fourth-order valence-electron chi connectivity index (χ4n) is 2.63. The summed E-state index contributed by atoms with van der Waals surface area (Å²) >= 11 is 1.40. The first kappa shape index (κ1) is 16.7. The van der Waals surface area contributed by atoms with E-state index in [2.05, 4.69) is 10.2 Å². The Morgan fingerprint density at radius 3 is 2.77 bits per heavy atom. The molecule has 1 aliphatic rings. The lowest BCUT2D eigenvalue weighted by Crippen LogP contribution is -2.45. The first-order valence-electron chi connectivity index (χ1n) is 7.56. The number of carbonyl (C=O) groups excluding carboxylic acids is 1. The van der Waals surface area contributed by atoms with Crippen LogP contribution < -0.4 is 5.01 Å². The van der Waals surface area contributed by atoms with Crippen LogP contribution in [0.1, 0.15) is 15.9 Å². The van der Waals surface area contributed by atoms with Crippen molar-refractivity contribution < 1.29 is 22.4 Å². The van der Waals surface area contributed by atoms with E-state index >= 15 is 0 Å². The van der Waals surface area contributed by atoms with E-state index in [1.165, 1.54) is 39.8 Å². The topological polar surface area (TPSA) is 64.2 Å². The van der Waals surface area contributed by atoms with Crippen LogP contribution >= 0.6 is 11.8 Å². The molecule has 3 aromatic rings. The number of thioether (sulfide) groups is 1. The van der Waals surface area contributed by atoms with Crippen LogP contribution in [-0.2, 0) is 6.18 Å². The van der Waals surface area contributed by atoms with Crippen molar-refractivity contribution in [3.63, 3.8) is 0 Å². The van der Waals surface area contributed by atoms with Crippen molar-refractivity contribution in [3.05, 3.63) is 53.8 Å². The minimum Gasteiger partial charge on any atom is -0.461 e. The zero-order valence-corrected chi connectivity index (χ0v) is 13.9. The van der Waals surface area contributed by atoms with Gasteiger partial charge in [0.1, 0.15) is 0 Å². The third-order valence-electron chi connectivity index (χ3n) is 3.80. The van der Waals surface area contributed by atoms with Crippen LogP contribution in [0.25, 0.3) is 11.6 Å². The predicted octanol–water partition coefficient (Wildman–Crippen LogP) is 3.44. The Kier molecular flexibility index (Phi) is 3.98. The molecule has 0 saturated carbocycles. The van der Waals surface area contributed by atoms with Gasteiger partial charge in [-0.1, -0.05) is 17.8 Å². The number of hydrogen-bond acceptors (Lipinski definition) is 5. The maximum Gasteiger partial charge on any atom is 0.416 e. The van der Waals surface area contributed by atoms with Crippen LogP contribution in [0.3, 0.4) is 0 Å². The second kappa shape index (κ2) is 6.20. The maximum absolute atomic E-state index is 12.9. The highest BCUT2D eigenvalue weighted by Crippen LogP contribution is 2.31. The maximum atomic E-state index is 12.9. The van der Waals surface area contributed by atoms with Gasteiger partial charge in [-0.05, 0) is 30.3 Å². The van der Waals surface area contributed by atoms with Crippen molar-refractivity contribution in [2.75, 3.05) is 17.3 Å². The highest BCUT2D eigenvalue weighted by molar-refractivity contribution is 7.99. The molecule has 26 heavy (non-hydrogen) atoms. The zero-order valence-electron chi connectivity index (χ0n) is 13.1. The van der Waals surface area contributed by atoms with E-state index in [9.17, 15) is 18.0 Å². The Labute approximate surface area is 149 Å². The van der Waals surface area contributed by atoms with Gasteiger partial charge in [0.25, 0.3) is 5.91 Å². The van der Waals surface area contributed by atoms with Gasteiger partial charge in [0.15, 0.2) is 5.76 Å². The number of aromatic nitrogens is 3. The molecule has 1 aromatic carbocycles. The van der Waals surface area contributed by atoms with Crippen molar-refractivity contribution in [1.82, 2.24) is 14.9 Å². The molecule has 1 amide bonds. The Bertz CT molecular complexity index is 953. The number of benzene rings is 1. The summed E-state index contributed by atoms with van der Waals surface area (Å²) in [6.45, 7) is 0.304. The molecule has 10 heteroatoms. The van der Waals surface area contributed by atoms with Crippen molar-refractivity contribution in [1.29, 1.82) is 0 Å². The van der Waals surface area contributed by atoms with Gasteiger partial charge in [-0.3, -0.25) is 4.79 Å². The van der Waals surface area contributed by atoms with Gasteiger partial charge in [0, 0.05) is 11.3 Å². The number of amides is 1. The Morgan fingerprint density at radius 2 is 2.04 bits per heavy atom. The second-order valence-corrected chi connectivity index (χ2v) is 6.51. The van der Waals surface area contributed by atoms with E-state index in [-0.39, 0.29) is 5.56 Å². The summed E-state index contributed by atoms with van der Waals surface area (Å²) in [6.07, 6.45) is -3.05. The molecule has 3 heterocycles. The summed E-state index contributed by atoms with van der Waals surface area (Å²) in [5.41, 5.74) is -0.929. The molecular weight excluding hydrogens is 369 g/mol. The molecule has 2 aromatic heterocycles. The van der Waals surface area contributed by atoms with E-state index in [1.807, 2.05) is 0 Å². The number of rotatable bonds is 2. The van der Waals surface area contributed by atoms with Crippen LogP contribution in [0.5, 0.6) is 0 Å². The minimum atomic E-state index is -4.52. The molecule has 0 fully saturated rings. The summed E-state index contributed by atoms with van der Waals surface area (Å²) in [5, 5.41) is 9.89. The number of hydrogen-bond donors (Lipinski definition) is 0. The highest BCUT2D eigenvalue weighted by Gasteiger charge is 2.33. The molecule has 4 rings (SSSR count). The fourth-order valence-corrected chi connectivity index (χ4v) is 3.48. The normalized spacial score (nSPS) is 14.3. The summed E-state index contributed by atoms with van der Waals surface area (Å²) in [6, 6.07) is 7.70. The molecule has 0 N–H and O–H groups in total. The summed E-state index contributed by atoms with van der Waals surface area (Å²) in [7, 11) is 0. The van der Waals surface area contributed by atoms with Crippen LogP contribution in [0.4, 0.5) is 13.2 Å². The molecule has 0 unspecified atom stereocenters. The summed E-state index contributed by atoms with van der Waals surface area (Å²) < 4.78 is 45.6. The average Bonchev–Trinajstić information content (AvgIpc) is 3.29. The molecule has 134 valence electrons. The highest BCUT2D eigenvalue weighted by atomic mass is 32.2. The van der Waals surface area contributed by atoms with Crippen molar-refractivity contribution in [2.24, 2.45) is 0 Å². The van der Waals surface area contributed by atoms with Crippen LogP contribution in [0.15, 0.2) is 52.2 Å². The number of furan rings is 1. The predicted molar refractivity (Wildman–Crippen MR) is 87.3 cm³/mol. The van der Waals surface area contributed by atoms with Gasteiger partial charge in [-0.2, -0.15) is 13.2 Å². The molecule has 0 saturated heterocycles. The SMILES string of the molecule is O=C(c1cccc(C(F)(F)F)c1)N1CCSc2nnc(-c3ccco3)n21. The number of nitrogens with zero attached hydrogens (tertiary/aromatic N) is 4. The van der Waals surface area contributed by atoms with Gasteiger partial charge in [0.2, 0.25) is 11.0 Å². The number of alkyl halides is 3. The molecule has 1 aliphatic heterocycles. The van der Waals surface area contributed by atoms with Gasteiger partial charge in [0.05, 0.1) is 18.4 Å². The van der Waals surface area contributed by atoms with Crippen molar-refractivity contribution in [3.8, 4) is 11.6 Å². The number of halogens is 3.